The second-order valence-electron chi connectivity index (χ2n) is 1.23. The lowest BCUT2D eigenvalue weighted by molar-refractivity contribution is -0.135. The number of hydrogen-bond acceptors (Lipinski definition) is 3. The van der Waals surface area contributed by atoms with Gasteiger partial charge in [-0.05, 0) is 12.8 Å². The van der Waals surface area contributed by atoms with Gasteiger partial charge in [0.15, 0.2) is 0 Å². The van der Waals surface area contributed by atoms with Crippen molar-refractivity contribution in [2.24, 2.45) is 10.1 Å². The van der Waals surface area contributed by atoms with Gasteiger partial charge in [-0.3, -0.25) is 4.79 Å². The maximum absolute atomic E-state index is 9.82. The van der Waals surface area contributed by atoms with E-state index in [1.165, 1.54) is 0 Å². The molecule has 52 valence electrons. The first kappa shape index (κ1) is 8.09. The third-order valence-corrected chi connectivity index (χ3v) is 0.744. The van der Waals surface area contributed by atoms with Crippen LogP contribution in [0.25, 0.3) is 0 Å². The number of aliphatic carboxylic acids is 1. The Labute approximate surface area is 57.5 Å². The summed E-state index contributed by atoms with van der Waals surface area (Å²) < 4.78 is 3.17. The third kappa shape index (κ3) is 4.95. The lowest BCUT2D eigenvalue weighted by Crippen LogP contribution is -2.34. The second-order valence-corrected chi connectivity index (χ2v) is 1.43. The number of hydrogen-bond donors (Lipinski definition) is 4. The van der Waals surface area contributed by atoms with Crippen LogP contribution in [0.5, 0.6) is 0 Å². The van der Waals surface area contributed by atoms with E-state index in [-0.39, 0.29) is 12.5 Å². The van der Waals surface area contributed by atoms with E-state index in [2.05, 4.69) is 22.5 Å². The van der Waals surface area contributed by atoms with Gasteiger partial charge in [-0.15, -0.1) is 0 Å². The van der Waals surface area contributed by atoms with Crippen LogP contribution in [0.15, 0.2) is 4.40 Å². The summed E-state index contributed by atoms with van der Waals surface area (Å²) in [4.78, 5) is 9.82. The van der Waals surface area contributed by atoms with Crippen LogP contribution in [0, 0.1) is 0 Å². The van der Waals surface area contributed by atoms with Gasteiger partial charge in [-0.25, -0.2) is 0 Å². The summed E-state index contributed by atoms with van der Waals surface area (Å²) in [6.07, 6.45) is 0. The lowest BCUT2D eigenvalue weighted by atomic mass is 10.6. The van der Waals surface area contributed by atoms with E-state index in [9.17, 15) is 4.79 Å². The van der Waals surface area contributed by atoms with E-state index in [1.807, 2.05) is 0 Å². The molecule has 0 rings (SSSR count). The number of thiol groups is 1. The highest BCUT2D eigenvalue weighted by Crippen LogP contribution is 1.70. The molecule has 0 spiro atoms. The van der Waals surface area contributed by atoms with Crippen molar-refractivity contribution < 1.29 is 9.90 Å². The van der Waals surface area contributed by atoms with E-state index in [4.69, 9.17) is 10.8 Å². The Hall–Kier alpha value is -0.910. The molecule has 0 unspecified atom stereocenters. The van der Waals surface area contributed by atoms with Crippen LogP contribution < -0.4 is 11.1 Å². The zero-order valence-electron chi connectivity index (χ0n) is 4.53. The van der Waals surface area contributed by atoms with Gasteiger partial charge in [0.2, 0.25) is 5.96 Å². The molecule has 0 aromatic rings. The molecule has 0 radical (unpaired) electrons. The summed E-state index contributed by atoms with van der Waals surface area (Å²) in [7, 11) is 0. The van der Waals surface area contributed by atoms with Gasteiger partial charge in [0.05, 0.1) is 0 Å². The predicted molar refractivity (Wildman–Crippen MR) is 36.2 cm³/mol. The van der Waals surface area contributed by atoms with Crippen molar-refractivity contribution in [3.8, 4) is 0 Å². The van der Waals surface area contributed by atoms with E-state index >= 15 is 0 Å². The van der Waals surface area contributed by atoms with Gasteiger partial charge in [-0.1, -0.05) is 0 Å². The van der Waals surface area contributed by atoms with Gasteiger partial charge < -0.3 is 16.2 Å². The van der Waals surface area contributed by atoms with E-state index in [1.54, 1.807) is 0 Å². The topological polar surface area (TPSA) is 87.7 Å². The highest BCUT2D eigenvalue weighted by Gasteiger charge is 1.94. The van der Waals surface area contributed by atoms with Crippen LogP contribution in [0.2, 0.25) is 0 Å². The number of carbonyl (C=O) groups is 1. The molecule has 0 saturated carbocycles. The molecule has 0 saturated heterocycles. The predicted octanol–water partition coefficient (Wildman–Crippen LogP) is -1.18. The number of nitrogens with zero attached hydrogens (tertiary/aromatic N) is 1. The van der Waals surface area contributed by atoms with E-state index in [0.717, 1.165) is 0 Å². The highest BCUT2D eigenvalue weighted by molar-refractivity contribution is 7.79. The van der Waals surface area contributed by atoms with Crippen molar-refractivity contribution >= 4 is 24.7 Å². The van der Waals surface area contributed by atoms with Crippen molar-refractivity contribution in [3.05, 3.63) is 0 Å². The maximum Gasteiger partial charge on any atom is 0.322 e. The van der Waals surface area contributed by atoms with Crippen LogP contribution in [0.4, 0.5) is 0 Å². The van der Waals surface area contributed by atoms with E-state index < -0.39 is 5.97 Å². The fraction of sp³-hybridized carbons (Fsp3) is 0.333. The summed E-state index contributed by atoms with van der Waals surface area (Å²) in [5, 5.41) is 10.3. The van der Waals surface area contributed by atoms with Crippen molar-refractivity contribution in [1.82, 2.24) is 5.32 Å². The number of rotatable bonds is 2. The SMILES string of the molecule is NC(=NS)NCC(=O)O. The summed E-state index contributed by atoms with van der Waals surface area (Å²) in [6.45, 7) is -0.240. The summed E-state index contributed by atoms with van der Waals surface area (Å²) in [5.41, 5.74) is 5.02. The monoisotopic (exact) mass is 149 g/mol. The zero-order valence-corrected chi connectivity index (χ0v) is 5.43. The average Bonchev–Trinajstić information content (AvgIpc) is 1.83. The van der Waals surface area contributed by atoms with Crippen LogP contribution >= 0.6 is 12.8 Å². The molecule has 9 heavy (non-hydrogen) atoms. The Bertz CT molecular complexity index is 135. The Morgan fingerprint density at radius 2 is 2.44 bits per heavy atom. The molecular formula is C3H7N3O2S. The molecule has 0 aliphatic carbocycles. The van der Waals surface area contributed by atoms with Crippen LogP contribution in [-0.2, 0) is 4.79 Å². The largest absolute Gasteiger partial charge is 0.480 e. The summed E-state index contributed by atoms with van der Waals surface area (Å²) >= 11 is 3.43. The first-order valence-corrected chi connectivity index (χ1v) is 2.50. The van der Waals surface area contributed by atoms with E-state index in [0.29, 0.717) is 0 Å². The molecule has 0 bridgehead atoms. The summed E-state index contributed by atoms with van der Waals surface area (Å²) in [6, 6.07) is 0. The number of nitrogens with one attached hydrogen (secondary N) is 1. The molecule has 0 aliphatic heterocycles. The Morgan fingerprint density at radius 1 is 1.89 bits per heavy atom. The number of carboxylic acid groups (broad SMARTS) is 1. The summed E-state index contributed by atoms with van der Waals surface area (Å²) in [5.74, 6) is -0.990. The Balaban J connectivity index is 3.39. The minimum Gasteiger partial charge on any atom is -0.480 e. The first-order chi connectivity index (χ1) is 4.16. The normalized spacial score (nSPS) is 11.0. The third-order valence-electron chi connectivity index (χ3n) is 0.528. The minimum atomic E-state index is -0.991. The molecule has 0 fully saturated rings. The molecule has 6 heteroatoms. The quantitative estimate of drug-likeness (QED) is 0.226. The number of nitrogens with two attached hydrogens (primary N) is 1. The lowest BCUT2D eigenvalue weighted by Gasteiger charge is -1.97. The molecule has 5 nitrogen and oxygen atoms in total. The number of guanidine groups is 1. The van der Waals surface area contributed by atoms with Gasteiger partial charge in [0.25, 0.3) is 0 Å². The van der Waals surface area contributed by atoms with Crippen molar-refractivity contribution in [2.45, 2.75) is 0 Å². The fourth-order valence-corrected chi connectivity index (χ4v) is 0.272. The first-order valence-electron chi connectivity index (χ1n) is 2.10. The maximum atomic E-state index is 9.82. The Kier molecular flexibility index (Phi) is 3.61. The molecular weight excluding hydrogens is 142 g/mol. The molecule has 0 aliphatic rings. The van der Waals surface area contributed by atoms with Crippen LogP contribution in [-0.4, -0.2) is 23.6 Å². The van der Waals surface area contributed by atoms with Gasteiger partial charge in [0, 0.05) is 0 Å². The van der Waals surface area contributed by atoms with Crippen molar-refractivity contribution in [1.29, 1.82) is 0 Å². The standard InChI is InChI=1S/C3H7N3O2S/c4-3(6-9)5-1-2(7)8/h9H,1H2,(H,7,8)(H3,4,5,6). The van der Waals surface area contributed by atoms with Crippen molar-refractivity contribution in [3.63, 3.8) is 0 Å². The van der Waals surface area contributed by atoms with Gasteiger partial charge in [0.1, 0.15) is 6.54 Å². The number of carboxylic acids is 1. The van der Waals surface area contributed by atoms with Gasteiger partial charge >= 0.3 is 5.97 Å². The molecule has 0 aromatic heterocycles. The van der Waals surface area contributed by atoms with Gasteiger partial charge in [-0.2, -0.15) is 4.40 Å². The second kappa shape index (κ2) is 4.02. The van der Waals surface area contributed by atoms with Crippen LogP contribution in [0.3, 0.4) is 0 Å². The molecule has 0 atom stereocenters. The molecule has 0 heterocycles. The highest BCUT2D eigenvalue weighted by atomic mass is 32.1. The average molecular weight is 149 g/mol. The van der Waals surface area contributed by atoms with Crippen LogP contribution in [0.1, 0.15) is 0 Å². The molecule has 4 N–H and O–H groups in total. The molecule has 0 amide bonds. The zero-order chi connectivity index (χ0) is 7.28. The smallest absolute Gasteiger partial charge is 0.322 e. The van der Waals surface area contributed by atoms with Crippen molar-refractivity contribution in [2.75, 3.05) is 6.54 Å². The Morgan fingerprint density at radius 3 is 2.78 bits per heavy atom. The fourth-order valence-electron chi connectivity index (χ4n) is 0.202. The minimum absolute atomic E-state index is 0.000679. The molecule has 0 aromatic carbocycles.